The first-order valence-corrected chi connectivity index (χ1v) is 9.58. The number of likely N-dealkylation sites (tertiary alicyclic amines) is 1. The molecule has 0 spiro atoms. The fourth-order valence-electron chi connectivity index (χ4n) is 3.17. The van der Waals surface area contributed by atoms with Crippen LogP contribution in [0.2, 0.25) is 0 Å². The molecule has 7 heteroatoms. The van der Waals surface area contributed by atoms with Gasteiger partial charge in [0.05, 0.1) is 13.1 Å². The molecule has 27 heavy (non-hydrogen) atoms. The zero-order chi connectivity index (χ0) is 19.2. The molecule has 2 fully saturated rings. The van der Waals surface area contributed by atoms with Crippen molar-refractivity contribution < 1.29 is 9.59 Å². The van der Waals surface area contributed by atoms with E-state index in [1.54, 1.807) is 19.0 Å². The van der Waals surface area contributed by atoms with Gasteiger partial charge in [-0.25, -0.2) is 4.99 Å². The van der Waals surface area contributed by atoms with E-state index in [-0.39, 0.29) is 24.3 Å². The van der Waals surface area contributed by atoms with Crippen molar-refractivity contribution in [1.82, 2.24) is 20.4 Å². The van der Waals surface area contributed by atoms with Gasteiger partial charge in [0.2, 0.25) is 11.8 Å². The summed E-state index contributed by atoms with van der Waals surface area (Å²) in [5.41, 5.74) is 1.11. The van der Waals surface area contributed by atoms with Crippen LogP contribution in [0.25, 0.3) is 0 Å². The minimum atomic E-state index is -0.0137. The third-order valence-electron chi connectivity index (χ3n) is 4.95. The average molecular weight is 371 g/mol. The van der Waals surface area contributed by atoms with Crippen molar-refractivity contribution in [2.75, 3.05) is 33.7 Å². The molecule has 1 saturated carbocycles. The normalized spacial score (nSPS) is 19.9. The lowest BCUT2D eigenvalue weighted by atomic mass is 10.1. The molecule has 1 aliphatic heterocycles. The summed E-state index contributed by atoms with van der Waals surface area (Å²) in [6.45, 7) is 2.21. The molecular weight excluding hydrogens is 342 g/mol. The molecule has 0 aromatic heterocycles. The molecule has 0 bridgehead atoms. The monoisotopic (exact) mass is 371 g/mol. The van der Waals surface area contributed by atoms with Crippen LogP contribution in [-0.4, -0.2) is 67.3 Å². The topological polar surface area (TPSA) is 77.0 Å². The van der Waals surface area contributed by atoms with Gasteiger partial charge in [0.25, 0.3) is 0 Å². The summed E-state index contributed by atoms with van der Waals surface area (Å²) in [7, 11) is 3.46. The van der Waals surface area contributed by atoms with Gasteiger partial charge < -0.3 is 20.4 Å². The number of carbonyl (C=O) groups excluding carboxylic acids is 2. The van der Waals surface area contributed by atoms with Crippen molar-refractivity contribution in [3.05, 3.63) is 35.9 Å². The molecule has 1 atom stereocenters. The Morgan fingerprint density at radius 2 is 1.96 bits per heavy atom. The van der Waals surface area contributed by atoms with Gasteiger partial charge in [-0.1, -0.05) is 30.3 Å². The lowest BCUT2D eigenvalue weighted by Gasteiger charge is -2.18. The summed E-state index contributed by atoms with van der Waals surface area (Å²) in [4.78, 5) is 32.2. The fourth-order valence-corrected chi connectivity index (χ4v) is 3.17. The van der Waals surface area contributed by atoms with Gasteiger partial charge in [-0.3, -0.25) is 9.59 Å². The van der Waals surface area contributed by atoms with E-state index in [9.17, 15) is 9.59 Å². The molecule has 2 amide bonds. The van der Waals surface area contributed by atoms with Gasteiger partial charge in [-0.05, 0) is 18.4 Å². The molecule has 7 nitrogen and oxygen atoms in total. The quantitative estimate of drug-likeness (QED) is 0.550. The van der Waals surface area contributed by atoms with Crippen LogP contribution in [0.3, 0.4) is 0 Å². The molecule has 1 heterocycles. The summed E-state index contributed by atoms with van der Waals surface area (Å²) in [5, 5.41) is 6.42. The highest BCUT2D eigenvalue weighted by molar-refractivity contribution is 5.86. The minimum absolute atomic E-state index is 0.0137. The largest absolute Gasteiger partial charge is 0.356 e. The molecule has 1 aromatic rings. The number of hydrogen-bond acceptors (Lipinski definition) is 3. The molecular formula is C20H29N5O2. The lowest BCUT2D eigenvalue weighted by Crippen LogP contribution is -2.44. The Labute approximate surface area is 160 Å². The second kappa shape index (κ2) is 8.88. The van der Waals surface area contributed by atoms with Gasteiger partial charge in [0, 0.05) is 45.6 Å². The Kier molecular flexibility index (Phi) is 6.32. The van der Waals surface area contributed by atoms with E-state index in [0.29, 0.717) is 31.5 Å². The predicted molar refractivity (Wildman–Crippen MR) is 105 cm³/mol. The number of carbonyl (C=O) groups is 2. The summed E-state index contributed by atoms with van der Waals surface area (Å²) in [5.74, 6) is 1.14. The van der Waals surface area contributed by atoms with E-state index < -0.39 is 0 Å². The molecule has 1 aliphatic carbocycles. The number of nitrogens with one attached hydrogen (secondary N) is 2. The van der Waals surface area contributed by atoms with Gasteiger partial charge >= 0.3 is 0 Å². The molecule has 1 unspecified atom stereocenters. The first-order valence-electron chi connectivity index (χ1n) is 9.58. The van der Waals surface area contributed by atoms with E-state index in [1.165, 1.54) is 0 Å². The number of guanidine groups is 1. The number of nitrogens with zero attached hydrogens (tertiary/aromatic N) is 3. The Balaban J connectivity index is 1.55. The predicted octanol–water partition coefficient (Wildman–Crippen LogP) is 0.821. The number of likely N-dealkylation sites (N-methyl/N-ethyl adjacent to an activating group) is 1. The summed E-state index contributed by atoms with van der Waals surface area (Å²) in [6.07, 6.45) is 2.87. The standard InChI is InChI=1S/C20H29N5O2/c1-24(2)19(27)13-23-20(21-11-15-6-4-3-5-7-15)22-12-16-10-18(26)25(14-16)17-8-9-17/h3-7,16-17H,8-14H2,1-2H3,(H2,21,22,23). The van der Waals surface area contributed by atoms with Crippen molar-refractivity contribution in [2.24, 2.45) is 10.9 Å². The Hall–Kier alpha value is -2.57. The molecule has 146 valence electrons. The maximum absolute atomic E-state index is 12.1. The number of rotatable bonds is 7. The highest BCUT2D eigenvalue weighted by Gasteiger charge is 2.39. The van der Waals surface area contributed by atoms with Gasteiger partial charge in [-0.2, -0.15) is 0 Å². The summed E-state index contributed by atoms with van der Waals surface area (Å²) >= 11 is 0. The number of amides is 2. The van der Waals surface area contributed by atoms with E-state index in [1.807, 2.05) is 35.2 Å². The lowest BCUT2D eigenvalue weighted by molar-refractivity contribution is -0.128. The third kappa shape index (κ3) is 5.70. The van der Waals surface area contributed by atoms with Crippen LogP contribution < -0.4 is 10.6 Å². The highest BCUT2D eigenvalue weighted by atomic mass is 16.2. The Morgan fingerprint density at radius 1 is 1.22 bits per heavy atom. The van der Waals surface area contributed by atoms with Crippen LogP contribution in [0.4, 0.5) is 0 Å². The van der Waals surface area contributed by atoms with Gasteiger partial charge in [-0.15, -0.1) is 0 Å². The van der Waals surface area contributed by atoms with Gasteiger partial charge in [0.15, 0.2) is 5.96 Å². The van der Waals surface area contributed by atoms with Crippen molar-refractivity contribution in [3.63, 3.8) is 0 Å². The van der Waals surface area contributed by atoms with Crippen LogP contribution in [0.15, 0.2) is 35.3 Å². The van der Waals surface area contributed by atoms with Crippen molar-refractivity contribution in [1.29, 1.82) is 0 Å². The first kappa shape index (κ1) is 19.2. The van der Waals surface area contributed by atoms with E-state index >= 15 is 0 Å². The van der Waals surface area contributed by atoms with E-state index in [2.05, 4.69) is 15.6 Å². The zero-order valence-electron chi connectivity index (χ0n) is 16.1. The zero-order valence-corrected chi connectivity index (χ0v) is 16.1. The van der Waals surface area contributed by atoms with Crippen LogP contribution in [-0.2, 0) is 16.1 Å². The summed E-state index contributed by atoms with van der Waals surface area (Å²) < 4.78 is 0. The van der Waals surface area contributed by atoms with E-state index in [0.717, 1.165) is 24.9 Å². The minimum Gasteiger partial charge on any atom is -0.356 e. The van der Waals surface area contributed by atoms with E-state index in [4.69, 9.17) is 0 Å². The van der Waals surface area contributed by atoms with Crippen molar-refractivity contribution in [3.8, 4) is 0 Å². The fraction of sp³-hybridized carbons (Fsp3) is 0.550. The molecule has 0 radical (unpaired) electrons. The van der Waals surface area contributed by atoms with Crippen LogP contribution in [0, 0.1) is 5.92 Å². The number of hydrogen-bond donors (Lipinski definition) is 2. The maximum atomic E-state index is 12.1. The SMILES string of the molecule is CN(C)C(=O)CNC(=NCc1ccccc1)NCC1CC(=O)N(C2CC2)C1. The summed E-state index contributed by atoms with van der Waals surface area (Å²) in [6, 6.07) is 10.5. The van der Waals surface area contributed by atoms with Crippen LogP contribution >= 0.6 is 0 Å². The first-order chi connectivity index (χ1) is 13.0. The maximum Gasteiger partial charge on any atom is 0.241 e. The smallest absolute Gasteiger partial charge is 0.241 e. The second-order valence-corrected chi connectivity index (χ2v) is 7.52. The van der Waals surface area contributed by atoms with Crippen molar-refractivity contribution in [2.45, 2.75) is 31.8 Å². The average Bonchev–Trinajstić information content (AvgIpc) is 3.44. The van der Waals surface area contributed by atoms with Gasteiger partial charge in [0.1, 0.15) is 0 Å². The molecule has 1 aromatic carbocycles. The second-order valence-electron chi connectivity index (χ2n) is 7.52. The van der Waals surface area contributed by atoms with Crippen LogP contribution in [0.1, 0.15) is 24.8 Å². The highest BCUT2D eigenvalue weighted by Crippen LogP contribution is 2.32. The number of aliphatic imine (C=N–C) groups is 1. The number of benzene rings is 1. The Bertz CT molecular complexity index is 685. The third-order valence-corrected chi connectivity index (χ3v) is 4.95. The molecule has 2 aliphatic rings. The van der Waals surface area contributed by atoms with Crippen LogP contribution in [0.5, 0.6) is 0 Å². The molecule has 1 saturated heterocycles. The molecule has 3 rings (SSSR count). The Morgan fingerprint density at radius 3 is 2.63 bits per heavy atom. The molecule has 2 N–H and O–H groups in total. The van der Waals surface area contributed by atoms with Crippen molar-refractivity contribution >= 4 is 17.8 Å².